The Hall–Kier alpha value is -1.99. The van der Waals surface area contributed by atoms with Crippen molar-refractivity contribution in [1.82, 2.24) is 4.90 Å². The summed E-state index contributed by atoms with van der Waals surface area (Å²) < 4.78 is 41.9. The molecule has 1 aliphatic carbocycles. The first-order valence-corrected chi connectivity index (χ1v) is 6.23. The van der Waals surface area contributed by atoms with Gasteiger partial charge in [-0.2, -0.15) is 0 Å². The maximum atomic E-state index is 14.2. The van der Waals surface area contributed by atoms with Crippen molar-refractivity contribution < 1.29 is 22.8 Å². The second kappa shape index (κ2) is 4.02. The standard InChI is InChI=1S/C13H10BF3N2O2/c14-7-2-1-6-9(10(7)15)12(4-13(12,16)17)5-19(11(6)21)3-8(18)20/h1-2H,3-5H2,(H2,18,20). The molecule has 1 atom stereocenters. The van der Waals surface area contributed by atoms with Gasteiger partial charge in [0.15, 0.2) is 0 Å². The number of benzene rings is 1. The number of carbonyl (C=O) groups excluding carboxylic acids is 2. The number of hydrogen-bond acceptors (Lipinski definition) is 2. The molecule has 108 valence electrons. The van der Waals surface area contributed by atoms with E-state index in [1.165, 1.54) is 6.07 Å². The van der Waals surface area contributed by atoms with E-state index in [9.17, 15) is 22.8 Å². The Bertz CT molecular complexity index is 680. The highest BCUT2D eigenvalue weighted by molar-refractivity contribution is 6.32. The van der Waals surface area contributed by atoms with Crippen LogP contribution in [-0.2, 0) is 10.2 Å². The normalized spacial score (nSPS) is 25.9. The average molecular weight is 294 g/mol. The minimum absolute atomic E-state index is 0.189. The highest BCUT2D eigenvalue weighted by atomic mass is 19.3. The lowest BCUT2D eigenvalue weighted by Gasteiger charge is -2.34. The summed E-state index contributed by atoms with van der Waals surface area (Å²) in [4.78, 5) is 24.1. The first kappa shape index (κ1) is 14.0. The molecule has 2 amide bonds. The van der Waals surface area contributed by atoms with Gasteiger partial charge in [0, 0.05) is 24.1 Å². The summed E-state index contributed by atoms with van der Waals surface area (Å²) in [7, 11) is 5.42. The van der Waals surface area contributed by atoms with Crippen molar-refractivity contribution in [2.24, 2.45) is 5.73 Å². The van der Waals surface area contributed by atoms with Crippen LogP contribution >= 0.6 is 0 Å². The van der Waals surface area contributed by atoms with E-state index in [-0.39, 0.29) is 16.6 Å². The van der Waals surface area contributed by atoms with E-state index in [0.29, 0.717) is 0 Å². The Morgan fingerprint density at radius 2 is 2.05 bits per heavy atom. The predicted octanol–water partition coefficient (Wildman–Crippen LogP) is -0.163. The van der Waals surface area contributed by atoms with Gasteiger partial charge >= 0.3 is 0 Å². The summed E-state index contributed by atoms with van der Waals surface area (Å²) in [6.07, 6.45) is -0.587. The number of carbonyl (C=O) groups is 2. The van der Waals surface area contributed by atoms with Crippen LogP contribution < -0.4 is 11.2 Å². The number of primary amides is 1. The maximum absolute atomic E-state index is 14.2. The fourth-order valence-corrected chi connectivity index (χ4v) is 2.98. The van der Waals surface area contributed by atoms with E-state index in [4.69, 9.17) is 13.6 Å². The Balaban J connectivity index is 2.17. The van der Waals surface area contributed by atoms with Crippen molar-refractivity contribution in [2.45, 2.75) is 17.8 Å². The van der Waals surface area contributed by atoms with Crippen molar-refractivity contribution in [3.63, 3.8) is 0 Å². The van der Waals surface area contributed by atoms with Crippen molar-refractivity contribution in [3.8, 4) is 0 Å². The van der Waals surface area contributed by atoms with Gasteiger partial charge in [-0.15, -0.1) is 0 Å². The fraction of sp³-hybridized carbons (Fsp3) is 0.385. The van der Waals surface area contributed by atoms with Gasteiger partial charge in [0.1, 0.15) is 13.7 Å². The van der Waals surface area contributed by atoms with Crippen LogP contribution in [0.4, 0.5) is 13.2 Å². The number of nitrogens with two attached hydrogens (primary N) is 1. The van der Waals surface area contributed by atoms with Gasteiger partial charge in [-0.05, 0) is 6.07 Å². The Morgan fingerprint density at radius 1 is 1.43 bits per heavy atom. The summed E-state index contributed by atoms with van der Waals surface area (Å²) in [5.74, 6) is -5.65. The highest BCUT2D eigenvalue weighted by Crippen LogP contribution is 2.64. The van der Waals surface area contributed by atoms with Gasteiger partial charge in [-0.25, -0.2) is 13.2 Å². The van der Waals surface area contributed by atoms with Crippen LogP contribution in [-0.4, -0.2) is 43.6 Å². The second-order valence-electron chi connectivity index (χ2n) is 5.48. The quantitative estimate of drug-likeness (QED) is 0.770. The van der Waals surface area contributed by atoms with Gasteiger partial charge in [-0.1, -0.05) is 11.5 Å². The smallest absolute Gasteiger partial charge is 0.260 e. The largest absolute Gasteiger partial charge is 0.368 e. The molecule has 0 saturated heterocycles. The number of alkyl halides is 2. The predicted molar refractivity (Wildman–Crippen MR) is 68.1 cm³/mol. The topological polar surface area (TPSA) is 63.4 Å². The number of amides is 2. The first-order chi connectivity index (χ1) is 9.69. The summed E-state index contributed by atoms with van der Waals surface area (Å²) in [6.45, 7) is -0.933. The van der Waals surface area contributed by atoms with Crippen LogP contribution in [0.2, 0.25) is 0 Å². The van der Waals surface area contributed by atoms with Crippen LogP contribution in [0.15, 0.2) is 12.1 Å². The average Bonchev–Trinajstić information content (AvgIpc) is 2.90. The minimum Gasteiger partial charge on any atom is -0.368 e. The monoisotopic (exact) mass is 294 g/mol. The van der Waals surface area contributed by atoms with E-state index in [2.05, 4.69) is 0 Å². The molecule has 1 unspecified atom stereocenters. The molecule has 1 aliphatic heterocycles. The van der Waals surface area contributed by atoms with Crippen LogP contribution in [0.3, 0.4) is 0 Å². The molecule has 1 aromatic rings. The Labute approximate surface area is 119 Å². The zero-order chi connectivity index (χ0) is 15.6. The van der Waals surface area contributed by atoms with Crippen molar-refractivity contribution in [2.75, 3.05) is 13.1 Å². The summed E-state index contributed by atoms with van der Waals surface area (Å²) in [5, 5.41) is 0. The molecule has 0 aromatic heterocycles. The zero-order valence-corrected chi connectivity index (χ0v) is 10.8. The molecule has 2 aliphatic rings. The van der Waals surface area contributed by atoms with Crippen LogP contribution in [0.1, 0.15) is 22.3 Å². The van der Waals surface area contributed by atoms with Crippen LogP contribution in [0.25, 0.3) is 0 Å². The van der Waals surface area contributed by atoms with Gasteiger partial charge in [0.25, 0.3) is 11.8 Å². The molecule has 3 rings (SSSR count). The first-order valence-electron chi connectivity index (χ1n) is 6.23. The molecule has 21 heavy (non-hydrogen) atoms. The molecule has 0 bridgehead atoms. The molecule has 8 heteroatoms. The van der Waals surface area contributed by atoms with E-state index >= 15 is 0 Å². The van der Waals surface area contributed by atoms with Gasteiger partial charge in [0.2, 0.25) is 5.91 Å². The van der Waals surface area contributed by atoms with Crippen LogP contribution in [0.5, 0.6) is 0 Å². The van der Waals surface area contributed by atoms with Crippen molar-refractivity contribution in [1.29, 1.82) is 0 Å². The molecule has 2 N–H and O–H groups in total. The summed E-state index contributed by atoms with van der Waals surface area (Å²) >= 11 is 0. The Morgan fingerprint density at radius 3 is 2.57 bits per heavy atom. The van der Waals surface area contributed by atoms with Gasteiger partial charge in [-0.3, -0.25) is 9.59 Å². The molecule has 1 aromatic carbocycles. The third-order valence-electron chi connectivity index (χ3n) is 4.07. The summed E-state index contributed by atoms with van der Waals surface area (Å²) in [5.41, 5.74) is 2.38. The van der Waals surface area contributed by atoms with Gasteiger partial charge < -0.3 is 10.6 Å². The van der Waals surface area contributed by atoms with Crippen LogP contribution in [0, 0.1) is 5.82 Å². The molecule has 2 radical (unpaired) electrons. The Kier molecular flexibility index (Phi) is 2.68. The molecule has 1 spiro atoms. The molecular weight excluding hydrogens is 284 g/mol. The van der Waals surface area contributed by atoms with Gasteiger partial charge in [0.05, 0.1) is 12.0 Å². The third kappa shape index (κ3) is 1.78. The number of halogens is 3. The SMILES string of the molecule is [B]c1ccc2c(c1F)C1(CN(CC(N)=O)C2=O)CC1(F)F. The minimum atomic E-state index is -3.15. The molecule has 1 fully saturated rings. The molecule has 4 nitrogen and oxygen atoms in total. The van der Waals surface area contributed by atoms with E-state index in [1.807, 2.05) is 0 Å². The van der Waals surface area contributed by atoms with Crippen molar-refractivity contribution in [3.05, 3.63) is 29.1 Å². The lowest BCUT2D eigenvalue weighted by atomic mass is 9.80. The third-order valence-corrected chi connectivity index (χ3v) is 4.07. The number of hydrogen-bond donors (Lipinski definition) is 1. The highest BCUT2D eigenvalue weighted by Gasteiger charge is 2.75. The molecular formula is C13H10BF3N2O2. The fourth-order valence-electron chi connectivity index (χ4n) is 2.98. The van der Waals surface area contributed by atoms with E-state index in [0.717, 1.165) is 11.0 Å². The number of nitrogens with zero attached hydrogens (tertiary/aromatic N) is 1. The van der Waals surface area contributed by atoms with Crippen molar-refractivity contribution >= 4 is 25.1 Å². The lowest BCUT2D eigenvalue weighted by molar-refractivity contribution is -0.118. The molecule has 1 heterocycles. The van der Waals surface area contributed by atoms with E-state index in [1.54, 1.807) is 0 Å². The number of fused-ring (bicyclic) bond motifs is 2. The van der Waals surface area contributed by atoms with E-state index < -0.39 is 48.5 Å². The maximum Gasteiger partial charge on any atom is 0.260 e. The second-order valence-corrected chi connectivity index (χ2v) is 5.48. The molecule has 1 saturated carbocycles. The number of rotatable bonds is 2. The summed E-state index contributed by atoms with van der Waals surface area (Å²) in [6, 6.07) is 2.35. The lowest BCUT2D eigenvalue weighted by Crippen LogP contribution is -2.49. The zero-order valence-electron chi connectivity index (χ0n) is 10.8.